The maximum Gasteiger partial charge on any atom is 0.119 e. The lowest BCUT2D eigenvalue weighted by atomic mass is 9.81. The Bertz CT molecular complexity index is 555. The van der Waals surface area contributed by atoms with E-state index in [1.54, 1.807) is 7.11 Å². The van der Waals surface area contributed by atoms with E-state index in [2.05, 4.69) is 43.8 Å². The first kappa shape index (κ1) is 13.0. The van der Waals surface area contributed by atoms with E-state index in [-0.39, 0.29) is 5.41 Å². The SMILES string of the molecule is COc1ccc2c(c1)c(C(C)(C)CCN)cn2C. The fourth-order valence-corrected chi connectivity index (χ4v) is 2.53. The van der Waals surface area contributed by atoms with Crippen molar-refractivity contribution in [2.45, 2.75) is 25.7 Å². The summed E-state index contributed by atoms with van der Waals surface area (Å²) in [7, 11) is 3.78. The molecule has 0 atom stereocenters. The van der Waals surface area contributed by atoms with Crippen LogP contribution in [0, 0.1) is 0 Å². The number of hydrogen-bond donors (Lipinski definition) is 1. The molecule has 2 aromatic rings. The number of methoxy groups -OCH3 is 1. The van der Waals surface area contributed by atoms with E-state index in [0.29, 0.717) is 6.54 Å². The lowest BCUT2D eigenvalue weighted by Gasteiger charge is -2.23. The van der Waals surface area contributed by atoms with E-state index in [1.807, 2.05) is 6.07 Å². The summed E-state index contributed by atoms with van der Waals surface area (Å²) in [6, 6.07) is 6.22. The normalized spacial score (nSPS) is 12.1. The van der Waals surface area contributed by atoms with Crippen molar-refractivity contribution in [3.63, 3.8) is 0 Å². The number of nitrogens with zero attached hydrogens (tertiary/aromatic N) is 1. The largest absolute Gasteiger partial charge is 0.497 e. The van der Waals surface area contributed by atoms with Crippen LogP contribution in [-0.2, 0) is 12.5 Å². The molecule has 1 heterocycles. The maximum absolute atomic E-state index is 5.73. The zero-order valence-corrected chi connectivity index (χ0v) is 11.7. The molecule has 0 radical (unpaired) electrons. The maximum atomic E-state index is 5.73. The Morgan fingerprint density at radius 3 is 2.67 bits per heavy atom. The molecule has 1 aromatic carbocycles. The molecule has 0 saturated heterocycles. The summed E-state index contributed by atoms with van der Waals surface area (Å²) in [5.41, 5.74) is 8.38. The van der Waals surface area contributed by atoms with Gasteiger partial charge in [-0.05, 0) is 42.1 Å². The van der Waals surface area contributed by atoms with Crippen molar-refractivity contribution in [2.75, 3.05) is 13.7 Å². The molecule has 0 amide bonds. The van der Waals surface area contributed by atoms with Crippen LogP contribution < -0.4 is 10.5 Å². The molecule has 0 unspecified atom stereocenters. The van der Waals surface area contributed by atoms with Crippen LogP contribution >= 0.6 is 0 Å². The quantitative estimate of drug-likeness (QED) is 0.901. The molecule has 1 aromatic heterocycles. The first-order chi connectivity index (χ1) is 8.49. The molecule has 18 heavy (non-hydrogen) atoms. The summed E-state index contributed by atoms with van der Waals surface area (Å²) in [4.78, 5) is 0. The Labute approximate surface area is 109 Å². The molecule has 0 spiro atoms. The average Bonchev–Trinajstić information content (AvgIpc) is 2.67. The van der Waals surface area contributed by atoms with Crippen molar-refractivity contribution in [3.05, 3.63) is 30.0 Å². The number of aromatic nitrogens is 1. The highest BCUT2D eigenvalue weighted by atomic mass is 16.5. The minimum Gasteiger partial charge on any atom is -0.497 e. The number of rotatable bonds is 4. The Hall–Kier alpha value is -1.48. The average molecular weight is 246 g/mol. The zero-order valence-electron chi connectivity index (χ0n) is 11.7. The first-order valence-electron chi connectivity index (χ1n) is 6.33. The predicted molar refractivity (Wildman–Crippen MR) is 76.2 cm³/mol. The second-order valence-corrected chi connectivity index (χ2v) is 5.46. The predicted octanol–water partition coefficient (Wildman–Crippen LogP) is 2.81. The first-order valence-corrected chi connectivity index (χ1v) is 6.33. The van der Waals surface area contributed by atoms with Crippen LogP contribution in [0.1, 0.15) is 25.8 Å². The third-order valence-corrected chi connectivity index (χ3v) is 3.70. The summed E-state index contributed by atoms with van der Waals surface area (Å²) >= 11 is 0. The van der Waals surface area contributed by atoms with Gasteiger partial charge in [0, 0.05) is 24.1 Å². The molecule has 0 aliphatic carbocycles. The van der Waals surface area contributed by atoms with Crippen molar-refractivity contribution in [3.8, 4) is 5.75 Å². The van der Waals surface area contributed by atoms with Gasteiger partial charge < -0.3 is 15.0 Å². The Morgan fingerprint density at radius 1 is 1.33 bits per heavy atom. The lowest BCUT2D eigenvalue weighted by molar-refractivity contribution is 0.415. The van der Waals surface area contributed by atoms with Crippen molar-refractivity contribution >= 4 is 10.9 Å². The van der Waals surface area contributed by atoms with Crippen molar-refractivity contribution in [1.82, 2.24) is 4.57 Å². The van der Waals surface area contributed by atoms with Gasteiger partial charge in [0.1, 0.15) is 5.75 Å². The molecule has 3 nitrogen and oxygen atoms in total. The summed E-state index contributed by atoms with van der Waals surface area (Å²) in [6.45, 7) is 5.19. The molecule has 0 saturated carbocycles. The Kier molecular flexibility index (Phi) is 3.35. The molecular weight excluding hydrogens is 224 g/mol. The number of ether oxygens (including phenoxy) is 1. The van der Waals surface area contributed by atoms with Crippen molar-refractivity contribution in [2.24, 2.45) is 12.8 Å². The highest BCUT2D eigenvalue weighted by Crippen LogP contribution is 2.35. The van der Waals surface area contributed by atoms with Crippen LogP contribution in [0.3, 0.4) is 0 Å². The molecule has 0 aliphatic heterocycles. The number of benzene rings is 1. The van der Waals surface area contributed by atoms with Crippen molar-refractivity contribution < 1.29 is 4.74 Å². The van der Waals surface area contributed by atoms with Gasteiger partial charge >= 0.3 is 0 Å². The molecule has 98 valence electrons. The van der Waals surface area contributed by atoms with Crippen LogP contribution in [0.4, 0.5) is 0 Å². The van der Waals surface area contributed by atoms with Gasteiger partial charge in [-0.1, -0.05) is 13.8 Å². The fourth-order valence-electron chi connectivity index (χ4n) is 2.53. The van der Waals surface area contributed by atoms with Gasteiger partial charge in [-0.3, -0.25) is 0 Å². The highest BCUT2D eigenvalue weighted by Gasteiger charge is 2.24. The molecular formula is C15H22N2O. The standard InChI is InChI=1S/C15H22N2O/c1-15(2,7-8-16)13-10-17(3)14-6-5-11(18-4)9-12(13)14/h5-6,9-10H,7-8,16H2,1-4H3. The van der Waals surface area contributed by atoms with E-state index < -0.39 is 0 Å². The zero-order chi connectivity index (χ0) is 13.3. The number of hydrogen-bond acceptors (Lipinski definition) is 2. The second-order valence-electron chi connectivity index (χ2n) is 5.46. The van der Waals surface area contributed by atoms with Gasteiger partial charge in [0.25, 0.3) is 0 Å². The van der Waals surface area contributed by atoms with Crippen LogP contribution in [0.15, 0.2) is 24.4 Å². The molecule has 0 fully saturated rings. The Morgan fingerprint density at radius 2 is 2.06 bits per heavy atom. The van der Waals surface area contributed by atoms with Gasteiger partial charge in [-0.15, -0.1) is 0 Å². The fraction of sp³-hybridized carbons (Fsp3) is 0.467. The van der Waals surface area contributed by atoms with E-state index in [1.165, 1.54) is 16.5 Å². The molecule has 0 aliphatic rings. The monoisotopic (exact) mass is 246 g/mol. The van der Waals surface area contributed by atoms with Gasteiger partial charge in [0.2, 0.25) is 0 Å². The third-order valence-electron chi connectivity index (χ3n) is 3.70. The van der Waals surface area contributed by atoms with Crippen LogP contribution in [-0.4, -0.2) is 18.2 Å². The van der Waals surface area contributed by atoms with E-state index in [4.69, 9.17) is 10.5 Å². The minimum absolute atomic E-state index is 0.0840. The van der Waals surface area contributed by atoms with E-state index in [9.17, 15) is 0 Å². The summed E-state index contributed by atoms with van der Waals surface area (Å²) in [5, 5.41) is 1.26. The van der Waals surface area contributed by atoms with Crippen LogP contribution in [0.5, 0.6) is 5.75 Å². The number of aryl methyl sites for hydroxylation is 1. The van der Waals surface area contributed by atoms with Crippen molar-refractivity contribution in [1.29, 1.82) is 0 Å². The molecule has 2 N–H and O–H groups in total. The van der Waals surface area contributed by atoms with Gasteiger partial charge in [0.05, 0.1) is 7.11 Å². The summed E-state index contributed by atoms with van der Waals surface area (Å²) in [5.74, 6) is 0.901. The third kappa shape index (κ3) is 2.10. The van der Waals surface area contributed by atoms with Gasteiger partial charge in [0.15, 0.2) is 0 Å². The highest BCUT2D eigenvalue weighted by molar-refractivity contribution is 5.86. The summed E-state index contributed by atoms with van der Waals surface area (Å²) in [6.07, 6.45) is 3.18. The van der Waals surface area contributed by atoms with Crippen LogP contribution in [0.2, 0.25) is 0 Å². The van der Waals surface area contributed by atoms with E-state index >= 15 is 0 Å². The second kappa shape index (κ2) is 4.65. The smallest absolute Gasteiger partial charge is 0.119 e. The molecule has 2 rings (SSSR count). The molecule has 3 heteroatoms. The number of nitrogens with two attached hydrogens (primary N) is 1. The Balaban J connectivity index is 2.63. The van der Waals surface area contributed by atoms with E-state index in [0.717, 1.165) is 12.2 Å². The lowest BCUT2D eigenvalue weighted by Crippen LogP contribution is -2.21. The minimum atomic E-state index is 0.0840. The molecule has 0 bridgehead atoms. The summed E-state index contributed by atoms with van der Waals surface area (Å²) < 4.78 is 7.49. The van der Waals surface area contributed by atoms with Gasteiger partial charge in [-0.25, -0.2) is 0 Å². The topological polar surface area (TPSA) is 40.2 Å². The van der Waals surface area contributed by atoms with Gasteiger partial charge in [-0.2, -0.15) is 0 Å². The van der Waals surface area contributed by atoms with Crippen LogP contribution in [0.25, 0.3) is 10.9 Å². The number of fused-ring (bicyclic) bond motifs is 1.